The van der Waals surface area contributed by atoms with E-state index in [4.69, 9.17) is 4.74 Å². The molecule has 1 atom stereocenters. The Hall–Kier alpha value is -0.180. The quantitative estimate of drug-likeness (QED) is 0.453. The average Bonchev–Trinajstić information content (AvgIpc) is 1.77. The highest BCUT2D eigenvalue weighted by Crippen LogP contribution is 2.15. The largest absolute Gasteiger partial charge is 0.464 e. The zero-order chi connectivity index (χ0) is 5.98. The van der Waals surface area contributed by atoms with Gasteiger partial charge in [-0.15, -0.1) is 11.8 Å². The summed E-state index contributed by atoms with van der Waals surface area (Å²) in [5.74, 6) is 0.883. The highest BCUT2D eigenvalue weighted by atomic mass is 32.2. The molecule has 1 saturated heterocycles. The molecular weight excluding hydrogens is 124 g/mol. The van der Waals surface area contributed by atoms with Crippen LogP contribution in [0.2, 0.25) is 0 Å². The van der Waals surface area contributed by atoms with Gasteiger partial charge >= 0.3 is 5.97 Å². The van der Waals surface area contributed by atoms with E-state index >= 15 is 0 Å². The van der Waals surface area contributed by atoms with E-state index in [9.17, 15) is 4.79 Å². The van der Waals surface area contributed by atoms with Crippen LogP contribution in [0.25, 0.3) is 0 Å². The predicted molar refractivity (Wildman–Crippen MR) is 32.9 cm³/mol. The van der Waals surface area contributed by atoms with Gasteiger partial charge < -0.3 is 4.74 Å². The zero-order valence-corrected chi connectivity index (χ0v) is 5.53. The van der Waals surface area contributed by atoms with Gasteiger partial charge in [-0.05, 0) is 6.92 Å². The Morgan fingerprint density at radius 1 is 1.88 bits per heavy atom. The van der Waals surface area contributed by atoms with Crippen LogP contribution in [-0.4, -0.2) is 23.6 Å². The van der Waals surface area contributed by atoms with Crippen LogP contribution >= 0.6 is 11.8 Å². The molecule has 1 heterocycles. The smallest absolute Gasteiger partial charge is 0.318 e. The molecule has 8 heavy (non-hydrogen) atoms. The molecule has 2 nitrogen and oxygen atoms in total. The average molecular weight is 132 g/mol. The van der Waals surface area contributed by atoms with Gasteiger partial charge in [0.05, 0.1) is 5.25 Å². The highest BCUT2D eigenvalue weighted by Gasteiger charge is 2.18. The van der Waals surface area contributed by atoms with Gasteiger partial charge in [0.25, 0.3) is 0 Å². The predicted octanol–water partition coefficient (Wildman–Crippen LogP) is 0.665. The summed E-state index contributed by atoms with van der Waals surface area (Å²) in [6, 6.07) is 0. The lowest BCUT2D eigenvalue weighted by Crippen LogP contribution is -2.24. The molecule has 0 radical (unpaired) electrons. The normalized spacial score (nSPS) is 29.6. The monoisotopic (exact) mass is 132 g/mol. The summed E-state index contributed by atoms with van der Waals surface area (Å²) < 4.78 is 4.73. The number of esters is 1. The van der Waals surface area contributed by atoms with Crippen LogP contribution in [0.15, 0.2) is 0 Å². The standard InChI is InChI=1S/C5H8O2S/c1-4-5(6)7-2-3-8-4/h4H,2-3H2,1H3/t4-/m1/s1. The van der Waals surface area contributed by atoms with E-state index in [2.05, 4.69) is 0 Å². The molecule has 0 saturated carbocycles. The molecular formula is C5H8O2S. The Labute approximate surface area is 52.6 Å². The van der Waals surface area contributed by atoms with Crippen LogP contribution in [0.5, 0.6) is 0 Å². The molecule has 0 spiro atoms. The van der Waals surface area contributed by atoms with Gasteiger partial charge in [0.1, 0.15) is 6.61 Å². The Morgan fingerprint density at radius 2 is 2.62 bits per heavy atom. The Morgan fingerprint density at radius 3 is 3.00 bits per heavy atom. The first-order valence-corrected chi connectivity index (χ1v) is 3.64. The summed E-state index contributed by atoms with van der Waals surface area (Å²) in [6.45, 7) is 2.46. The second kappa shape index (κ2) is 2.40. The summed E-state index contributed by atoms with van der Waals surface area (Å²) >= 11 is 1.65. The van der Waals surface area contributed by atoms with Crippen molar-refractivity contribution in [1.82, 2.24) is 0 Å². The number of hydrogen-bond acceptors (Lipinski definition) is 3. The summed E-state index contributed by atoms with van der Waals surface area (Å²) in [5, 5.41) is 0.0590. The van der Waals surface area contributed by atoms with Crippen LogP contribution in [-0.2, 0) is 9.53 Å². The van der Waals surface area contributed by atoms with Gasteiger partial charge in [-0.3, -0.25) is 4.79 Å². The maximum atomic E-state index is 10.6. The van der Waals surface area contributed by atoms with Crippen molar-refractivity contribution in [3.05, 3.63) is 0 Å². The number of cyclic esters (lactones) is 1. The minimum atomic E-state index is -0.0683. The molecule has 0 unspecified atom stereocenters. The fourth-order valence-corrected chi connectivity index (χ4v) is 1.29. The maximum absolute atomic E-state index is 10.6. The maximum Gasteiger partial charge on any atom is 0.318 e. The van der Waals surface area contributed by atoms with Crippen LogP contribution in [0.3, 0.4) is 0 Å². The third-order valence-corrected chi connectivity index (χ3v) is 2.12. The first kappa shape index (κ1) is 5.95. The number of rotatable bonds is 0. The molecule has 0 aromatic rings. The topological polar surface area (TPSA) is 26.3 Å². The fraction of sp³-hybridized carbons (Fsp3) is 0.800. The van der Waals surface area contributed by atoms with Crippen molar-refractivity contribution in [3.63, 3.8) is 0 Å². The third-order valence-electron chi connectivity index (χ3n) is 1.03. The van der Waals surface area contributed by atoms with Gasteiger partial charge in [-0.2, -0.15) is 0 Å². The van der Waals surface area contributed by atoms with E-state index in [1.807, 2.05) is 6.92 Å². The number of hydrogen-bond donors (Lipinski definition) is 0. The molecule has 1 aliphatic rings. The molecule has 0 bridgehead atoms. The van der Waals surface area contributed by atoms with E-state index < -0.39 is 0 Å². The SMILES string of the molecule is C[C@H]1SCCOC1=O. The van der Waals surface area contributed by atoms with Gasteiger partial charge in [0.15, 0.2) is 0 Å². The first-order chi connectivity index (χ1) is 3.80. The number of carbonyl (C=O) groups is 1. The van der Waals surface area contributed by atoms with Gasteiger partial charge in [0.2, 0.25) is 0 Å². The van der Waals surface area contributed by atoms with Crippen molar-refractivity contribution in [2.75, 3.05) is 12.4 Å². The summed E-state index contributed by atoms with van der Waals surface area (Å²) in [4.78, 5) is 10.6. The summed E-state index contributed by atoms with van der Waals surface area (Å²) in [5.41, 5.74) is 0. The lowest BCUT2D eigenvalue weighted by Gasteiger charge is -2.15. The third kappa shape index (κ3) is 1.15. The second-order valence-electron chi connectivity index (χ2n) is 1.68. The van der Waals surface area contributed by atoms with E-state index in [-0.39, 0.29) is 11.2 Å². The zero-order valence-electron chi connectivity index (χ0n) is 4.72. The minimum absolute atomic E-state index is 0.0590. The summed E-state index contributed by atoms with van der Waals surface area (Å²) in [7, 11) is 0. The van der Waals surface area contributed by atoms with Crippen molar-refractivity contribution in [2.24, 2.45) is 0 Å². The van der Waals surface area contributed by atoms with Crippen molar-refractivity contribution in [2.45, 2.75) is 12.2 Å². The Bertz CT molecular complexity index is 103. The minimum Gasteiger partial charge on any atom is -0.464 e. The molecule has 0 aliphatic carbocycles. The molecule has 0 amide bonds. The number of thioether (sulfide) groups is 1. The lowest BCUT2D eigenvalue weighted by molar-refractivity contribution is -0.142. The van der Waals surface area contributed by atoms with Crippen molar-refractivity contribution in [1.29, 1.82) is 0 Å². The highest BCUT2D eigenvalue weighted by molar-refractivity contribution is 8.00. The number of ether oxygens (including phenoxy) is 1. The van der Waals surface area contributed by atoms with Crippen LogP contribution in [0.4, 0.5) is 0 Å². The fourth-order valence-electron chi connectivity index (χ4n) is 0.553. The molecule has 1 aliphatic heterocycles. The molecule has 0 aromatic heterocycles. The number of carbonyl (C=O) groups excluding carboxylic acids is 1. The van der Waals surface area contributed by atoms with Crippen molar-refractivity contribution < 1.29 is 9.53 Å². The second-order valence-corrected chi connectivity index (χ2v) is 3.13. The first-order valence-electron chi connectivity index (χ1n) is 2.59. The van der Waals surface area contributed by atoms with Crippen LogP contribution in [0, 0.1) is 0 Å². The van der Waals surface area contributed by atoms with E-state index in [0.717, 1.165) is 5.75 Å². The van der Waals surface area contributed by atoms with Gasteiger partial charge in [0, 0.05) is 5.75 Å². The molecule has 1 rings (SSSR count). The molecule has 46 valence electrons. The Kier molecular flexibility index (Phi) is 1.78. The van der Waals surface area contributed by atoms with E-state index in [1.165, 1.54) is 0 Å². The van der Waals surface area contributed by atoms with Crippen LogP contribution in [0.1, 0.15) is 6.92 Å². The van der Waals surface area contributed by atoms with Crippen LogP contribution < -0.4 is 0 Å². The van der Waals surface area contributed by atoms with Gasteiger partial charge in [-0.25, -0.2) is 0 Å². The van der Waals surface area contributed by atoms with Gasteiger partial charge in [-0.1, -0.05) is 0 Å². The van der Waals surface area contributed by atoms with Crippen molar-refractivity contribution >= 4 is 17.7 Å². The van der Waals surface area contributed by atoms with E-state index in [0.29, 0.717) is 6.61 Å². The molecule has 0 N–H and O–H groups in total. The molecule has 1 fully saturated rings. The van der Waals surface area contributed by atoms with Crippen molar-refractivity contribution in [3.8, 4) is 0 Å². The lowest BCUT2D eigenvalue weighted by atomic mass is 10.5. The van der Waals surface area contributed by atoms with E-state index in [1.54, 1.807) is 11.8 Å². The molecule has 0 aromatic carbocycles. The summed E-state index contributed by atoms with van der Waals surface area (Å²) in [6.07, 6.45) is 0. The molecule has 3 heteroatoms. The Balaban J connectivity index is 2.39.